The maximum Gasteiger partial charge on any atom is 0.233 e. The van der Waals surface area contributed by atoms with E-state index in [1.807, 2.05) is 51.1 Å². The molecule has 0 unspecified atom stereocenters. The Kier molecular flexibility index (Phi) is 5.99. The number of aromatic nitrogens is 1. The Balaban J connectivity index is 2.03. The first kappa shape index (κ1) is 18.0. The number of nitrogens with zero attached hydrogens (tertiary/aromatic N) is 3. The van der Waals surface area contributed by atoms with Crippen molar-refractivity contribution in [2.75, 3.05) is 12.8 Å². The number of carbonyl (C=O) groups is 1. The monoisotopic (exact) mass is 339 g/mol. The van der Waals surface area contributed by atoms with Crippen LogP contribution in [0.1, 0.15) is 27.9 Å². The molecule has 0 bridgehead atoms. The molecule has 1 aromatic heterocycles. The number of pyridine rings is 1. The average molecular weight is 339 g/mol. The Morgan fingerprint density at radius 2 is 1.96 bits per heavy atom. The number of hydrogen-bond donors (Lipinski definition) is 0. The van der Waals surface area contributed by atoms with Gasteiger partial charge < -0.3 is 4.90 Å². The van der Waals surface area contributed by atoms with E-state index in [0.717, 1.165) is 16.8 Å². The Labute approximate surface area is 147 Å². The quantitative estimate of drug-likeness (QED) is 0.781. The predicted octanol–water partition coefficient (Wildman–Crippen LogP) is 3.63. The zero-order valence-corrected chi connectivity index (χ0v) is 15.3. The van der Waals surface area contributed by atoms with Gasteiger partial charge in [0, 0.05) is 19.3 Å². The van der Waals surface area contributed by atoms with Gasteiger partial charge in [0.2, 0.25) is 5.91 Å². The van der Waals surface area contributed by atoms with E-state index in [4.69, 9.17) is 0 Å². The van der Waals surface area contributed by atoms with Crippen LogP contribution < -0.4 is 0 Å². The average Bonchev–Trinajstić information content (AvgIpc) is 2.54. The summed E-state index contributed by atoms with van der Waals surface area (Å²) in [5, 5.41) is 9.92. The normalized spacial score (nSPS) is 10.3. The third kappa shape index (κ3) is 4.36. The molecule has 4 nitrogen and oxygen atoms in total. The zero-order valence-electron chi connectivity index (χ0n) is 14.5. The summed E-state index contributed by atoms with van der Waals surface area (Å²) in [4.78, 5) is 18.5. The number of carbonyl (C=O) groups excluding carboxylic acids is 1. The summed E-state index contributed by atoms with van der Waals surface area (Å²) < 4.78 is 0. The van der Waals surface area contributed by atoms with Crippen molar-refractivity contribution in [1.82, 2.24) is 9.88 Å². The number of thioether (sulfide) groups is 1. The molecule has 0 aliphatic heterocycles. The van der Waals surface area contributed by atoms with E-state index in [-0.39, 0.29) is 11.7 Å². The molecule has 0 aliphatic carbocycles. The second-order valence-electron chi connectivity index (χ2n) is 5.84. The number of benzene rings is 1. The minimum Gasteiger partial charge on any atom is -0.341 e. The second-order valence-corrected chi connectivity index (χ2v) is 6.80. The van der Waals surface area contributed by atoms with Crippen molar-refractivity contribution < 1.29 is 4.79 Å². The molecule has 0 N–H and O–H groups in total. The lowest BCUT2D eigenvalue weighted by atomic mass is 10.1. The molecule has 0 aliphatic rings. The summed E-state index contributed by atoms with van der Waals surface area (Å²) in [7, 11) is 1.80. The van der Waals surface area contributed by atoms with Crippen molar-refractivity contribution in [1.29, 1.82) is 5.26 Å². The Morgan fingerprint density at radius 3 is 2.62 bits per heavy atom. The van der Waals surface area contributed by atoms with Crippen LogP contribution in [0.25, 0.3) is 0 Å². The van der Waals surface area contributed by atoms with Crippen molar-refractivity contribution >= 4 is 17.7 Å². The minimum atomic E-state index is 0.0214. The van der Waals surface area contributed by atoms with Gasteiger partial charge >= 0.3 is 0 Å². The van der Waals surface area contributed by atoms with Crippen molar-refractivity contribution in [2.24, 2.45) is 0 Å². The Morgan fingerprint density at radius 1 is 1.25 bits per heavy atom. The molecule has 124 valence electrons. The third-order valence-corrected chi connectivity index (χ3v) is 4.81. The summed E-state index contributed by atoms with van der Waals surface area (Å²) in [6.07, 6.45) is 0. The van der Waals surface area contributed by atoms with Gasteiger partial charge in [0.05, 0.1) is 11.3 Å². The highest BCUT2D eigenvalue weighted by Gasteiger charge is 2.14. The van der Waals surface area contributed by atoms with Gasteiger partial charge in [-0.15, -0.1) is 0 Å². The molecular formula is C19H21N3OS. The first-order chi connectivity index (χ1) is 11.4. The lowest BCUT2D eigenvalue weighted by molar-refractivity contribution is -0.127. The van der Waals surface area contributed by atoms with Crippen LogP contribution in [-0.4, -0.2) is 28.6 Å². The smallest absolute Gasteiger partial charge is 0.233 e. The van der Waals surface area contributed by atoms with E-state index >= 15 is 0 Å². The van der Waals surface area contributed by atoms with E-state index in [9.17, 15) is 10.1 Å². The molecule has 0 spiro atoms. The van der Waals surface area contributed by atoms with Gasteiger partial charge in [-0.05, 0) is 43.5 Å². The first-order valence-electron chi connectivity index (χ1n) is 7.72. The van der Waals surface area contributed by atoms with Gasteiger partial charge in [0.15, 0.2) is 0 Å². The highest BCUT2D eigenvalue weighted by atomic mass is 32.2. The molecular weight excluding hydrogens is 318 g/mol. The molecule has 0 saturated carbocycles. The highest BCUT2D eigenvalue weighted by molar-refractivity contribution is 8.00. The van der Waals surface area contributed by atoms with Gasteiger partial charge in [-0.25, -0.2) is 4.98 Å². The molecule has 1 aromatic carbocycles. The fourth-order valence-electron chi connectivity index (χ4n) is 2.41. The van der Waals surface area contributed by atoms with Crippen LogP contribution in [0.5, 0.6) is 0 Å². The van der Waals surface area contributed by atoms with E-state index < -0.39 is 0 Å². The Bertz CT molecular complexity index is 796. The molecule has 1 amide bonds. The topological polar surface area (TPSA) is 57.0 Å². The van der Waals surface area contributed by atoms with Crippen LogP contribution in [0.2, 0.25) is 0 Å². The fraction of sp³-hybridized carbons (Fsp3) is 0.316. The molecule has 0 fully saturated rings. The number of hydrogen-bond acceptors (Lipinski definition) is 4. The van der Waals surface area contributed by atoms with Crippen LogP contribution in [0.4, 0.5) is 0 Å². The Hall–Kier alpha value is -2.32. The molecule has 0 radical (unpaired) electrons. The number of rotatable bonds is 5. The lowest BCUT2D eigenvalue weighted by Crippen LogP contribution is -2.28. The fourth-order valence-corrected chi connectivity index (χ4v) is 3.45. The molecule has 2 aromatic rings. The van der Waals surface area contributed by atoms with Crippen LogP contribution in [-0.2, 0) is 11.3 Å². The van der Waals surface area contributed by atoms with Crippen molar-refractivity contribution in [2.45, 2.75) is 32.3 Å². The predicted molar refractivity (Wildman–Crippen MR) is 96.8 cm³/mol. The summed E-state index contributed by atoms with van der Waals surface area (Å²) in [5.41, 5.74) is 4.62. The number of amides is 1. The van der Waals surface area contributed by atoms with Gasteiger partial charge in [-0.3, -0.25) is 4.79 Å². The van der Waals surface area contributed by atoms with Crippen molar-refractivity contribution in [3.63, 3.8) is 0 Å². The van der Waals surface area contributed by atoms with Crippen LogP contribution in [0.3, 0.4) is 0 Å². The molecule has 24 heavy (non-hydrogen) atoms. The highest BCUT2D eigenvalue weighted by Crippen LogP contribution is 2.24. The van der Waals surface area contributed by atoms with E-state index in [2.05, 4.69) is 11.1 Å². The molecule has 1 heterocycles. The van der Waals surface area contributed by atoms with E-state index in [0.29, 0.717) is 17.1 Å². The minimum absolute atomic E-state index is 0.0214. The molecule has 0 atom stereocenters. The van der Waals surface area contributed by atoms with Gasteiger partial charge in [-0.1, -0.05) is 36.0 Å². The van der Waals surface area contributed by atoms with Crippen LogP contribution in [0, 0.1) is 32.1 Å². The van der Waals surface area contributed by atoms with Gasteiger partial charge in [-0.2, -0.15) is 5.26 Å². The largest absolute Gasteiger partial charge is 0.341 e. The van der Waals surface area contributed by atoms with E-state index in [1.165, 1.54) is 17.3 Å². The maximum absolute atomic E-state index is 12.4. The van der Waals surface area contributed by atoms with Gasteiger partial charge in [0.25, 0.3) is 0 Å². The van der Waals surface area contributed by atoms with Crippen molar-refractivity contribution in [3.05, 3.63) is 58.3 Å². The van der Waals surface area contributed by atoms with Gasteiger partial charge in [0.1, 0.15) is 11.1 Å². The standard InChI is InChI=1S/C19H21N3OS/c1-13-7-5-6-8-16(13)11-22(4)18(23)12-24-19-17(10-20)14(2)9-15(3)21-19/h5-9H,11-12H2,1-4H3. The molecule has 5 heteroatoms. The van der Waals surface area contributed by atoms with Crippen LogP contribution in [0.15, 0.2) is 35.4 Å². The van der Waals surface area contributed by atoms with Crippen LogP contribution >= 0.6 is 11.8 Å². The SMILES string of the molecule is Cc1cc(C)c(C#N)c(SCC(=O)N(C)Cc2ccccc2C)n1. The van der Waals surface area contributed by atoms with E-state index in [1.54, 1.807) is 11.9 Å². The summed E-state index contributed by atoms with van der Waals surface area (Å²) >= 11 is 1.33. The summed E-state index contributed by atoms with van der Waals surface area (Å²) in [6, 6.07) is 12.1. The first-order valence-corrected chi connectivity index (χ1v) is 8.70. The second kappa shape index (κ2) is 7.98. The van der Waals surface area contributed by atoms with Crippen molar-refractivity contribution in [3.8, 4) is 6.07 Å². The maximum atomic E-state index is 12.4. The number of nitriles is 1. The number of aryl methyl sites for hydroxylation is 3. The molecule has 0 saturated heterocycles. The summed E-state index contributed by atoms with van der Waals surface area (Å²) in [6.45, 7) is 6.41. The third-order valence-electron chi connectivity index (χ3n) is 3.85. The molecule has 2 rings (SSSR count). The lowest BCUT2D eigenvalue weighted by Gasteiger charge is -2.18. The zero-order chi connectivity index (χ0) is 17.7. The summed E-state index contributed by atoms with van der Waals surface area (Å²) in [5.74, 6) is 0.292.